The number of carbonyl (C=O) groups is 2. The molecule has 1 aromatic rings. The lowest BCUT2D eigenvalue weighted by Gasteiger charge is -2.31. The Morgan fingerprint density at radius 3 is 2.30 bits per heavy atom. The van der Waals surface area contributed by atoms with Gasteiger partial charge in [0.05, 0.1) is 13.2 Å². The number of rotatable bonds is 4. The zero-order chi connectivity index (χ0) is 18.6. The number of hydrogen-bond donors (Lipinski definition) is 1. The normalized spacial score (nSPS) is 24.3. The number of carbonyl (C=O) groups excluding carboxylic acids is 2. The third-order valence-corrected chi connectivity index (χ3v) is 5.64. The van der Waals surface area contributed by atoms with Crippen molar-refractivity contribution < 1.29 is 19.1 Å². The van der Waals surface area contributed by atoms with E-state index in [-0.39, 0.29) is 17.9 Å². The van der Waals surface area contributed by atoms with Crippen LogP contribution in [0.15, 0.2) is 24.3 Å². The topological polar surface area (TPSA) is 71.1 Å². The largest absolute Gasteiger partial charge is 0.381 e. The zero-order valence-corrected chi connectivity index (χ0v) is 15.6. The maximum atomic E-state index is 12.7. The van der Waals surface area contributed by atoms with Crippen molar-refractivity contribution in [1.82, 2.24) is 9.80 Å². The summed E-state index contributed by atoms with van der Waals surface area (Å²) in [7, 11) is 0. The fraction of sp³-hybridized carbons (Fsp3) is 0.600. The number of benzene rings is 1. The van der Waals surface area contributed by atoms with E-state index in [1.807, 2.05) is 34.1 Å². The summed E-state index contributed by atoms with van der Waals surface area (Å²) in [6.07, 6.45) is 2.66. The number of amides is 2. The van der Waals surface area contributed by atoms with Crippen molar-refractivity contribution in [2.45, 2.75) is 31.3 Å². The van der Waals surface area contributed by atoms with Crippen molar-refractivity contribution in [2.24, 2.45) is 0 Å². The second kappa shape index (κ2) is 8.27. The number of likely N-dealkylation sites (tertiary alicyclic amines) is 1. The average molecular weight is 373 g/mol. The molecule has 146 valence electrons. The van der Waals surface area contributed by atoms with E-state index >= 15 is 0 Å². The highest BCUT2D eigenvalue weighted by atomic mass is 16.5. The molecule has 3 fully saturated rings. The highest BCUT2D eigenvalue weighted by Gasteiger charge is 2.36. The van der Waals surface area contributed by atoms with Gasteiger partial charge in [-0.05, 0) is 43.5 Å². The Balaban J connectivity index is 1.34. The van der Waals surface area contributed by atoms with Crippen LogP contribution in [-0.2, 0) is 14.3 Å². The SMILES string of the molecule is O=C(c1ccc(NC2CCN(C3CCOCC3)C2=O)cc1)N1CCOCC1. The quantitative estimate of drug-likeness (QED) is 0.863. The number of nitrogens with zero attached hydrogens (tertiary/aromatic N) is 2. The van der Waals surface area contributed by atoms with Crippen LogP contribution in [-0.4, -0.2) is 79.8 Å². The molecule has 2 amide bonds. The van der Waals surface area contributed by atoms with Gasteiger partial charge in [-0.15, -0.1) is 0 Å². The number of morpholine rings is 1. The molecule has 0 aromatic heterocycles. The fourth-order valence-electron chi connectivity index (χ4n) is 4.05. The van der Waals surface area contributed by atoms with Crippen LogP contribution in [0.4, 0.5) is 5.69 Å². The summed E-state index contributed by atoms with van der Waals surface area (Å²) in [4.78, 5) is 29.1. The van der Waals surface area contributed by atoms with E-state index in [2.05, 4.69) is 5.32 Å². The van der Waals surface area contributed by atoms with Crippen LogP contribution in [0.25, 0.3) is 0 Å². The summed E-state index contributed by atoms with van der Waals surface area (Å²) in [5.74, 6) is 0.211. The van der Waals surface area contributed by atoms with Gasteiger partial charge in [0, 0.05) is 50.1 Å². The van der Waals surface area contributed by atoms with E-state index < -0.39 is 0 Å². The molecule has 0 aliphatic carbocycles. The summed E-state index contributed by atoms with van der Waals surface area (Å²) >= 11 is 0. The number of nitrogens with one attached hydrogen (secondary N) is 1. The summed E-state index contributed by atoms with van der Waals surface area (Å²) < 4.78 is 10.7. The molecule has 0 radical (unpaired) electrons. The van der Waals surface area contributed by atoms with Crippen LogP contribution < -0.4 is 5.32 Å². The molecule has 7 nitrogen and oxygen atoms in total. The lowest BCUT2D eigenvalue weighted by Crippen LogP contribution is -2.43. The third-order valence-electron chi connectivity index (χ3n) is 5.64. The van der Waals surface area contributed by atoms with Crippen LogP contribution in [0.1, 0.15) is 29.6 Å². The van der Waals surface area contributed by atoms with E-state index in [0.717, 1.165) is 44.7 Å². The van der Waals surface area contributed by atoms with E-state index in [1.54, 1.807) is 0 Å². The number of ether oxygens (including phenoxy) is 2. The smallest absolute Gasteiger partial charge is 0.254 e. The Morgan fingerprint density at radius 1 is 0.926 bits per heavy atom. The zero-order valence-electron chi connectivity index (χ0n) is 15.6. The molecule has 0 spiro atoms. The molecule has 4 rings (SSSR count). The number of anilines is 1. The average Bonchev–Trinajstić information content (AvgIpc) is 3.09. The summed E-state index contributed by atoms with van der Waals surface area (Å²) in [5, 5.41) is 3.34. The van der Waals surface area contributed by atoms with E-state index in [9.17, 15) is 9.59 Å². The van der Waals surface area contributed by atoms with Crippen LogP contribution in [0.3, 0.4) is 0 Å². The van der Waals surface area contributed by atoms with Crippen molar-refractivity contribution in [3.63, 3.8) is 0 Å². The highest BCUT2D eigenvalue weighted by molar-refractivity contribution is 5.94. The highest BCUT2D eigenvalue weighted by Crippen LogP contribution is 2.24. The minimum Gasteiger partial charge on any atom is -0.381 e. The van der Waals surface area contributed by atoms with Crippen LogP contribution in [0.2, 0.25) is 0 Å². The summed E-state index contributed by atoms with van der Waals surface area (Å²) in [6, 6.07) is 7.56. The Morgan fingerprint density at radius 2 is 1.59 bits per heavy atom. The Bertz CT molecular complexity index is 666. The van der Waals surface area contributed by atoms with E-state index in [4.69, 9.17) is 9.47 Å². The van der Waals surface area contributed by atoms with Gasteiger partial charge < -0.3 is 24.6 Å². The van der Waals surface area contributed by atoms with Gasteiger partial charge in [-0.2, -0.15) is 0 Å². The van der Waals surface area contributed by atoms with Crippen molar-refractivity contribution in [2.75, 3.05) is 51.4 Å². The van der Waals surface area contributed by atoms with Gasteiger partial charge >= 0.3 is 0 Å². The van der Waals surface area contributed by atoms with Crippen LogP contribution in [0.5, 0.6) is 0 Å². The van der Waals surface area contributed by atoms with Gasteiger partial charge in [0.1, 0.15) is 6.04 Å². The minimum atomic E-state index is -0.186. The summed E-state index contributed by atoms with van der Waals surface area (Å²) in [6.45, 7) is 4.75. The van der Waals surface area contributed by atoms with Gasteiger partial charge in [0.15, 0.2) is 0 Å². The first-order valence-corrected chi connectivity index (χ1v) is 9.84. The maximum Gasteiger partial charge on any atom is 0.254 e. The van der Waals surface area contributed by atoms with Gasteiger partial charge in [-0.25, -0.2) is 0 Å². The molecule has 3 aliphatic rings. The van der Waals surface area contributed by atoms with E-state index in [0.29, 0.717) is 37.9 Å². The molecule has 1 N–H and O–H groups in total. The Labute approximate surface area is 159 Å². The predicted octanol–water partition coefficient (Wildman–Crippen LogP) is 1.35. The molecule has 0 saturated carbocycles. The predicted molar refractivity (Wildman–Crippen MR) is 101 cm³/mol. The molecule has 1 aromatic carbocycles. The maximum absolute atomic E-state index is 12.7. The minimum absolute atomic E-state index is 0.0347. The van der Waals surface area contributed by atoms with Crippen LogP contribution >= 0.6 is 0 Å². The molecule has 3 heterocycles. The lowest BCUT2D eigenvalue weighted by atomic mass is 10.1. The van der Waals surface area contributed by atoms with Crippen molar-refractivity contribution in [1.29, 1.82) is 0 Å². The second-order valence-electron chi connectivity index (χ2n) is 7.34. The molecule has 3 saturated heterocycles. The Hall–Kier alpha value is -2.12. The molecule has 7 heteroatoms. The fourth-order valence-corrected chi connectivity index (χ4v) is 4.05. The monoisotopic (exact) mass is 373 g/mol. The van der Waals surface area contributed by atoms with Gasteiger partial charge in [-0.1, -0.05) is 0 Å². The molecule has 0 bridgehead atoms. The molecule has 3 aliphatic heterocycles. The molecule has 27 heavy (non-hydrogen) atoms. The standard InChI is InChI=1S/C20H27N3O4/c24-19(22-9-13-27-14-10-22)15-1-3-16(4-2-15)21-18-5-8-23(20(18)25)17-6-11-26-12-7-17/h1-4,17-18,21H,5-14H2. The Kier molecular flexibility index (Phi) is 5.59. The first kappa shape index (κ1) is 18.3. The van der Waals surface area contributed by atoms with Gasteiger partial charge in [-0.3, -0.25) is 9.59 Å². The van der Waals surface area contributed by atoms with Crippen LogP contribution in [0, 0.1) is 0 Å². The van der Waals surface area contributed by atoms with Crippen molar-refractivity contribution in [3.8, 4) is 0 Å². The van der Waals surface area contributed by atoms with Gasteiger partial charge in [0.2, 0.25) is 5.91 Å². The first-order chi connectivity index (χ1) is 13.2. The third kappa shape index (κ3) is 4.09. The number of hydrogen-bond acceptors (Lipinski definition) is 5. The van der Waals surface area contributed by atoms with Crippen molar-refractivity contribution in [3.05, 3.63) is 29.8 Å². The van der Waals surface area contributed by atoms with Crippen molar-refractivity contribution >= 4 is 17.5 Å². The molecule has 1 atom stereocenters. The second-order valence-corrected chi connectivity index (χ2v) is 7.34. The molecular weight excluding hydrogens is 346 g/mol. The lowest BCUT2D eigenvalue weighted by molar-refractivity contribution is -0.131. The summed E-state index contributed by atoms with van der Waals surface area (Å²) in [5.41, 5.74) is 1.55. The van der Waals surface area contributed by atoms with E-state index in [1.165, 1.54) is 0 Å². The van der Waals surface area contributed by atoms with Gasteiger partial charge in [0.25, 0.3) is 5.91 Å². The molecule has 1 unspecified atom stereocenters. The molecular formula is C20H27N3O4. The first-order valence-electron chi connectivity index (χ1n) is 9.84.